The van der Waals surface area contributed by atoms with Crippen LogP contribution in [0.1, 0.15) is 22.8 Å². The molecule has 1 aromatic heterocycles. The Hall–Kier alpha value is -1.13. The molecule has 0 aliphatic heterocycles. The van der Waals surface area contributed by atoms with Gasteiger partial charge in [-0.2, -0.15) is 5.10 Å². The normalized spacial score (nSPS) is 12.7. The van der Waals surface area contributed by atoms with Crippen LogP contribution in [0.3, 0.4) is 0 Å². The van der Waals surface area contributed by atoms with E-state index < -0.39 is 6.10 Å². The Bertz CT molecular complexity index is 502. The second kappa shape index (κ2) is 5.02. The maximum absolute atomic E-state index is 10.2. The van der Waals surface area contributed by atoms with Crippen molar-refractivity contribution in [2.24, 2.45) is 0 Å². The van der Waals surface area contributed by atoms with E-state index in [2.05, 4.69) is 27.1 Å². The highest BCUT2D eigenvalue weighted by molar-refractivity contribution is 9.10. The molecule has 3 nitrogen and oxygen atoms in total. The van der Waals surface area contributed by atoms with E-state index in [1.807, 2.05) is 32.2 Å². The van der Waals surface area contributed by atoms with Crippen molar-refractivity contribution in [3.05, 3.63) is 51.8 Å². The zero-order valence-electron chi connectivity index (χ0n) is 9.89. The molecular formula is C13H15BrN2O. The molecule has 1 aromatic carbocycles. The molecule has 1 N–H and O–H groups in total. The second-order valence-corrected chi connectivity index (χ2v) is 5.23. The van der Waals surface area contributed by atoms with Crippen molar-refractivity contribution < 1.29 is 5.11 Å². The largest absolute Gasteiger partial charge is 0.386 e. The average molecular weight is 295 g/mol. The molecule has 17 heavy (non-hydrogen) atoms. The predicted molar refractivity (Wildman–Crippen MR) is 70.8 cm³/mol. The molecule has 1 atom stereocenters. The number of benzene rings is 1. The smallest absolute Gasteiger partial charge is 0.0986 e. The summed E-state index contributed by atoms with van der Waals surface area (Å²) in [5.41, 5.74) is 3.27. The fraction of sp³-hybridized carbons (Fsp3) is 0.308. The van der Waals surface area contributed by atoms with Gasteiger partial charge in [0.2, 0.25) is 0 Å². The minimum absolute atomic E-state index is 0.467. The Morgan fingerprint density at radius 1 is 1.29 bits per heavy atom. The third-order valence-corrected chi connectivity index (χ3v) is 3.00. The first kappa shape index (κ1) is 12.3. The summed E-state index contributed by atoms with van der Waals surface area (Å²) in [6.07, 6.45) is 3.04. The van der Waals surface area contributed by atoms with Gasteiger partial charge in [0, 0.05) is 6.20 Å². The zero-order chi connectivity index (χ0) is 12.4. The van der Waals surface area contributed by atoms with Gasteiger partial charge in [-0.1, -0.05) is 29.3 Å². The molecular weight excluding hydrogens is 280 g/mol. The minimum Gasteiger partial charge on any atom is -0.386 e. The maximum atomic E-state index is 10.2. The van der Waals surface area contributed by atoms with E-state index in [9.17, 15) is 5.11 Å². The highest BCUT2D eigenvalue weighted by Crippen LogP contribution is 2.19. The Morgan fingerprint density at radius 2 is 1.94 bits per heavy atom. The third-order valence-electron chi connectivity index (χ3n) is 2.59. The Balaban J connectivity index is 2.16. The third kappa shape index (κ3) is 3.17. The summed E-state index contributed by atoms with van der Waals surface area (Å²) in [7, 11) is 0. The highest BCUT2D eigenvalue weighted by Gasteiger charge is 2.10. The second-order valence-electron chi connectivity index (χ2n) is 4.32. The molecule has 2 aromatic rings. The number of aromatic nitrogens is 2. The number of hydrogen-bond acceptors (Lipinski definition) is 2. The van der Waals surface area contributed by atoms with Gasteiger partial charge in [0.25, 0.3) is 0 Å². The monoisotopic (exact) mass is 294 g/mol. The van der Waals surface area contributed by atoms with Crippen LogP contribution in [0.4, 0.5) is 0 Å². The number of hydrogen-bond donors (Lipinski definition) is 1. The standard InChI is InChI=1S/C13H15BrN2O/c1-9-3-10(2)5-11(4-9)13(17)8-16-7-12(14)6-15-16/h3-7,13,17H,8H2,1-2H3. The van der Waals surface area contributed by atoms with E-state index >= 15 is 0 Å². The van der Waals surface area contributed by atoms with Crippen LogP contribution in [0.2, 0.25) is 0 Å². The molecule has 0 aliphatic rings. The molecule has 90 valence electrons. The van der Waals surface area contributed by atoms with E-state index in [4.69, 9.17) is 0 Å². The van der Waals surface area contributed by atoms with Crippen LogP contribution < -0.4 is 0 Å². The summed E-state index contributed by atoms with van der Waals surface area (Å²) in [6, 6.07) is 6.12. The average Bonchev–Trinajstić information content (AvgIpc) is 2.62. The van der Waals surface area contributed by atoms with Crippen molar-refractivity contribution in [1.82, 2.24) is 9.78 Å². The van der Waals surface area contributed by atoms with Crippen molar-refractivity contribution in [1.29, 1.82) is 0 Å². The molecule has 0 saturated heterocycles. The van der Waals surface area contributed by atoms with Crippen molar-refractivity contribution in [3.63, 3.8) is 0 Å². The van der Waals surface area contributed by atoms with Crippen LogP contribution in [0, 0.1) is 13.8 Å². The van der Waals surface area contributed by atoms with Crippen LogP contribution in [-0.4, -0.2) is 14.9 Å². The van der Waals surface area contributed by atoms with Crippen LogP contribution >= 0.6 is 15.9 Å². The van der Waals surface area contributed by atoms with E-state index in [0.29, 0.717) is 6.54 Å². The first-order valence-corrected chi connectivity index (χ1v) is 6.28. The summed E-state index contributed by atoms with van der Waals surface area (Å²) in [4.78, 5) is 0. The van der Waals surface area contributed by atoms with Crippen LogP contribution in [0.5, 0.6) is 0 Å². The lowest BCUT2D eigenvalue weighted by molar-refractivity contribution is 0.151. The van der Waals surface area contributed by atoms with Crippen molar-refractivity contribution in [2.75, 3.05) is 0 Å². The van der Waals surface area contributed by atoms with Gasteiger partial charge in [-0.3, -0.25) is 4.68 Å². The fourth-order valence-electron chi connectivity index (χ4n) is 1.92. The molecule has 0 aliphatic carbocycles. The first-order valence-electron chi connectivity index (χ1n) is 5.49. The number of aliphatic hydroxyl groups excluding tert-OH is 1. The first-order chi connectivity index (χ1) is 8.04. The topological polar surface area (TPSA) is 38.0 Å². The quantitative estimate of drug-likeness (QED) is 0.945. The molecule has 0 fully saturated rings. The van der Waals surface area contributed by atoms with E-state index in [1.165, 1.54) is 11.1 Å². The van der Waals surface area contributed by atoms with Crippen molar-refractivity contribution >= 4 is 15.9 Å². The molecule has 0 radical (unpaired) electrons. The van der Waals surface area contributed by atoms with Gasteiger partial charge in [-0.25, -0.2) is 0 Å². The molecule has 0 amide bonds. The van der Waals surface area contributed by atoms with Gasteiger partial charge < -0.3 is 5.11 Å². The van der Waals surface area contributed by atoms with Gasteiger partial charge in [0.1, 0.15) is 0 Å². The van der Waals surface area contributed by atoms with E-state index in [-0.39, 0.29) is 0 Å². The zero-order valence-corrected chi connectivity index (χ0v) is 11.5. The lowest BCUT2D eigenvalue weighted by Crippen LogP contribution is -2.09. The molecule has 0 bridgehead atoms. The predicted octanol–water partition coefficient (Wildman–Crippen LogP) is 3.00. The SMILES string of the molecule is Cc1cc(C)cc(C(O)Cn2cc(Br)cn2)c1. The molecule has 1 heterocycles. The van der Waals surface area contributed by atoms with Crippen LogP contribution in [0.15, 0.2) is 35.1 Å². The number of halogens is 1. The summed E-state index contributed by atoms with van der Waals surface area (Å²) >= 11 is 3.34. The summed E-state index contributed by atoms with van der Waals surface area (Å²) < 4.78 is 2.65. The fourth-order valence-corrected chi connectivity index (χ4v) is 2.25. The van der Waals surface area contributed by atoms with Crippen LogP contribution in [0.25, 0.3) is 0 Å². The van der Waals surface area contributed by atoms with Gasteiger partial charge in [0.15, 0.2) is 0 Å². The molecule has 1 unspecified atom stereocenters. The molecule has 4 heteroatoms. The number of aryl methyl sites for hydroxylation is 2. The summed E-state index contributed by atoms with van der Waals surface area (Å²) in [6.45, 7) is 4.54. The Kier molecular flexibility index (Phi) is 3.64. The number of aliphatic hydroxyl groups is 1. The van der Waals surface area contributed by atoms with Gasteiger partial charge in [-0.15, -0.1) is 0 Å². The Morgan fingerprint density at radius 3 is 2.47 bits per heavy atom. The lowest BCUT2D eigenvalue weighted by Gasteiger charge is -2.12. The van der Waals surface area contributed by atoms with Crippen molar-refractivity contribution in [2.45, 2.75) is 26.5 Å². The van der Waals surface area contributed by atoms with Crippen molar-refractivity contribution in [3.8, 4) is 0 Å². The van der Waals surface area contributed by atoms with E-state index in [1.54, 1.807) is 10.9 Å². The van der Waals surface area contributed by atoms with Crippen LogP contribution in [-0.2, 0) is 6.54 Å². The van der Waals surface area contributed by atoms with Gasteiger partial charge >= 0.3 is 0 Å². The number of rotatable bonds is 3. The van der Waals surface area contributed by atoms with E-state index in [0.717, 1.165) is 10.0 Å². The molecule has 2 rings (SSSR count). The minimum atomic E-state index is -0.527. The number of nitrogens with zero attached hydrogens (tertiary/aromatic N) is 2. The molecule has 0 spiro atoms. The summed E-state index contributed by atoms with van der Waals surface area (Å²) in [5, 5.41) is 14.3. The lowest BCUT2D eigenvalue weighted by atomic mass is 10.0. The maximum Gasteiger partial charge on any atom is 0.0986 e. The highest BCUT2D eigenvalue weighted by atomic mass is 79.9. The summed E-state index contributed by atoms with van der Waals surface area (Å²) in [5.74, 6) is 0. The Labute approximate surface area is 109 Å². The van der Waals surface area contributed by atoms with Gasteiger partial charge in [0.05, 0.1) is 23.3 Å². The van der Waals surface area contributed by atoms with Gasteiger partial charge in [-0.05, 0) is 35.3 Å². The molecule has 0 saturated carbocycles.